The molecular weight excluding hydrogens is 328 g/mol. The second kappa shape index (κ2) is 5.39. The van der Waals surface area contributed by atoms with Crippen LogP contribution in [0.2, 0.25) is 0 Å². The quantitative estimate of drug-likeness (QED) is 0.612. The van der Waals surface area contributed by atoms with Crippen molar-refractivity contribution in [2.24, 2.45) is 0 Å². The van der Waals surface area contributed by atoms with Crippen LogP contribution in [-0.4, -0.2) is 17.3 Å². The van der Waals surface area contributed by atoms with E-state index in [0.717, 1.165) is 43.4 Å². The van der Waals surface area contributed by atoms with Crippen molar-refractivity contribution in [2.75, 3.05) is 7.11 Å². The summed E-state index contributed by atoms with van der Waals surface area (Å²) in [5.74, 6) is 1.39. The van der Waals surface area contributed by atoms with Crippen LogP contribution in [-0.2, 0) is 0 Å². The number of methoxy groups -OCH3 is 1. The molecule has 1 aromatic carbocycles. The van der Waals surface area contributed by atoms with Gasteiger partial charge in [0.2, 0.25) is 0 Å². The Morgan fingerprint density at radius 2 is 2.00 bits per heavy atom. The molecule has 1 saturated carbocycles. The van der Waals surface area contributed by atoms with Gasteiger partial charge in [-0.25, -0.2) is 0 Å². The number of fused-ring (bicyclic) bond motifs is 1. The van der Waals surface area contributed by atoms with Gasteiger partial charge in [-0.2, -0.15) is 0 Å². The van der Waals surface area contributed by atoms with Crippen molar-refractivity contribution in [3.63, 3.8) is 0 Å². The molecule has 0 amide bonds. The molecule has 0 atom stereocenters. The van der Waals surface area contributed by atoms with Crippen LogP contribution < -0.4 is 4.74 Å². The van der Waals surface area contributed by atoms with Gasteiger partial charge in [0.25, 0.3) is 0 Å². The Morgan fingerprint density at radius 3 is 2.70 bits per heavy atom. The molecule has 1 aliphatic rings. The normalized spacial score (nSPS) is 14.4. The molecule has 2 aromatic heterocycles. The van der Waals surface area contributed by atoms with Crippen LogP contribution in [0.4, 0.5) is 0 Å². The van der Waals surface area contributed by atoms with E-state index in [1.54, 1.807) is 18.4 Å². The molecule has 1 aliphatic carbocycles. The molecule has 0 bridgehead atoms. The van der Waals surface area contributed by atoms with Crippen LogP contribution in [0.1, 0.15) is 34.9 Å². The Morgan fingerprint density at radius 1 is 1.22 bits per heavy atom. The fraction of sp³-hybridized carbons (Fsp3) is 0.353. The third kappa shape index (κ3) is 2.46. The van der Waals surface area contributed by atoms with E-state index in [4.69, 9.17) is 21.4 Å². The number of ether oxygens (including phenoxy) is 1. The number of aromatic nitrogens is 2. The van der Waals surface area contributed by atoms with Crippen LogP contribution in [0.3, 0.4) is 0 Å². The average Bonchev–Trinajstić information content (AvgIpc) is 3.28. The Hall–Kier alpha value is -1.79. The smallest absolute Gasteiger partial charge is 0.193 e. The summed E-state index contributed by atoms with van der Waals surface area (Å²) < 4.78 is 11.9. The summed E-state index contributed by atoms with van der Waals surface area (Å²) in [6, 6.07) is 3.99. The van der Waals surface area contributed by atoms with Gasteiger partial charge >= 0.3 is 0 Å². The van der Waals surface area contributed by atoms with Crippen molar-refractivity contribution >= 4 is 34.5 Å². The zero-order valence-electron chi connectivity index (χ0n) is 13.2. The van der Waals surface area contributed by atoms with Gasteiger partial charge in [-0.3, -0.25) is 0 Å². The summed E-state index contributed by atoms with van der Waals surface area (Å²) in [4.78, 5) is 0. The van der Waals surface area contributed by atoms with E-state index < -0.39 is 0 Å². The zero-order valence-corrected chi connectivity index (χ0v) is 14.8. The summed E-state index contributed by atoms with van der Waals surface area (Å²) in [5, 5.41) is 11.6. The summed E-state index contributed by atoms with van der Waals surface area (Å²) >= 11 is 6.97. The maximum Gasteiger partial charge on any atom is 0.193 e. The minimum absolute atomic E-state index is 0.519. The minimum atomic E-state index is 0.519. The van der Waals surface area contributed by atoms with Gasteiger partial charge in [0.1, 0.15) is 21.3 Å². The molecule has 0 spiro atoms. The van der Waals surface area contributed by atoms with E-state index in [0.29, 0.717) is 10.6 Å². The SMILES string of the molecule is COc1cc(-c2nnc(C3CC3)s2)cc2oc(=S)c(C)c(C)c12. The highest BCUT2D eigenvalue weighted by Crippen LogP contribution is 2.43. The van der Waals surface area contributed by atoms with Gasteiger partial charge in [-0.05, 0) is 56.6 Å². The highest BCUT2D eigenvalue weighted by molar-refractivity contribution is 7.71. The highest BCUT2D eigenvalue weighted by atomic mass is 32.1. The molecule has 6 heteroatoms. The van der Waals surface area contributed by atoms with E-state index in [1.165, 1.54) is 12.8 Å². The third-order valence-corrected chi connectivity index (χ3v) is 5.87. The van der Waals surface area contributed by atoms with Crippen molar-refractivity contribution < 1.29 is 9.15 Å². The van der Waals surface area contributed by atoms with Crippen molar-refractivity contribution in [1.29, 1.82) is 0 Å². The van der Waals surface area contributed by atoms with E-state index in [1.807, 2.05) is 26.0 Å². The van der Waals surface area contributed by atoms with Crippen LogP contribution in [0.15, 0.2) is 16.5 Å². The largest absolute Gasteiger partial charge is 0.496 e. The number of hydrogen-bond acceptors (Lipinski definition) is 6. The molecule has 23 heavy (non-hydrogen) atoms. The fourth-order valence-electron chi connectivity index (χ4n) is 2.69. The first-order chi connectivity index (χ1) is 11.1. The van der Waals surface area contributed by atoms with Crippen molar-refractivity contribution in [3.05, 3.63) is 33.0 Å². The lowest BCUT2D eigenvalue weighted by Gasteiger charge is -2.11. The second-order valence-electron chi connectivity index (χ2n) is 5.91. The van der Waals surface area contributed by atoms with Gasteiger partial charge < -0.3 is 9.15 Å². The zero-order chi connectivity index (χ0) is 16.1. The molecule has 0 radical (unpaired) electrons. The number of benzene rings is 1. The fourth-order valence-corrected chi connectivity index (χ4v) is 3.93. The van der Waals surface area contributed by atoms with Gasteiger partial charge in [-0.1, -0.05) is 11.3 Å². The molecule has 0 aliphatic heterocycles. The summed E-state index contributed by atoms with van der Waals surface area (Å²) in [7, 11) is 1.67. The Balaban J connectivity index is 1.94. The average molecular weight is 344 g/mol. The highest BCUT2D eigenvalue weighted by Gasteiger charge is 2.28. The molecular formula is C17H16N2O2S2. The van der Waals surface area contributed by atoms with Crippen LogP contribution in [0, 0.1) is 18.6 Å². The molecule has 4 nitrogen and oxygen atoms in total. The molecule has 118 valence electrons. The number of hydrogen-bond donors (Lipinski definition) is 0. The van der Waals surface area contributed by atoms with Gasteiger partial charge in [0, 0.05) is 17.0 Å². The van der Waals surface area contributed by atoms with Crippen molar-refractivity contribution in [2.45, 2.75) is 32.6 Å². The summed E-state index contributed by atoms with van der Waals surface area (Å²) in [6.07, 6.45) is 2.45. The number of aryl methyl sites for hydroxylation is 1. The molecule has 0 saturated heterocycles. The Labute approximate surface area is 143 Å². The molecule has 3 aromatic rings. The van der Waals surface area contributed by atoms with Gasteiger partial charge in [0.05, 0.1) is 12.5 Å². The lowest BCUT2D eigenvalue weighted by atomic mass is 10.0. The Bertz CT molecular complexity index is 971. The molecule has 0 N–H and O–H groups in total. The third-order valence-electron chi connectivity index (χ3n) is 4.35. The predicted molar refractivity (Wildman–Crippen MR) is 94.0 cm³/mol. The van der Waals surface area contributed by atoms with Crippen molar-refractivity contribution in [1.82, 2.24) is 10.2 Å². The van der Waals surface area contributed by atoms with Crippen molar-refractivity contribution in [3.8, 4) is 16.3 Å². The minimum Gasteiger partial charge on any atom is -0.496 e. The first kappa shape index (κ1) is 14.8. The van der Waals surface area contributed by atoms with Crippen LogP contribution >= 0.6 is 23.6 Å². The lowest BCUT2D eigenvalue weighted by molar-refractivity contribution is 0.418. The summed E-state index contributed by atoms with van der Waals surface area (Å²) in [5.41, 5.74) is 3.76. The molecule has 1 fully saturated rings. The predicted octanol–water partition coefficient (Wildman–Crippen LogP) is 5.18. The topological polar surface area (TPSA) is 48.2 Å². The van der Waals surface area contributed by atoms with Gasteiger partial charge in [0.15, 0.2) is 4.71 Å². The monoisotopic (exact) mass is 344 g/mol. The standard InChI is InChI=1S/C17H16N2O2S2/c1-8-9(2)17(22)21-13-7-11(6-12(20-3)14(8)13)16-19-18-15(23-16)10-4-5-10/h6-7,10H,4-5H2,1-3H3. The number of rotatable bonds is 3. The van der Waals surface area contributed by atoms with E-state index in [9.17, 15) is 0 Å². The van der Waals surface area contributed by atoms with E-state index in [2.05, 4.69) is 10.2 Å². The molecule has 0 unspecified atom stereocenters. The van der Waals surface area contributed by atoms with E-state index in [-0.39, 0.29) is 0 Å². The van der Waals surface area contributed by atoms with E-state index >= 15 is 0 Å². The maximum absolute atomic E-state index is 5.84. The Kier molecular flexibility index (Phi) is 3.46. The first-order valence-electron chi connectivity index (χ1n) is 7.54. The van der Waals surface area contributed by atoms with Crippen LogP contribution in [0.5, 0.6) is 5.75 Å². The lowest BCUT2D eigenvalue weighted by Crippen LogP contribution is -1.92. The molecule has 2 heterocycles. The van der Waals surface area contributed by atoms with Crippen LogP contribution in [0.25, 0.3) is 21.5 Å². The van der Waals surface area contributed by atoms with Gasteiger partial charge in [-0.15, -0.1) is 10.2 Å². The number of nitrogens with zero attached hydrogens (tertiary/aromatic N) is 2. The molecule has 4 rings (SSSR count). The summed E-state index contributed by atoms with van der Waals surface area (Å²) in [6.45, 7) is 4.02. The first-order valence-corrected chi connectivity index (χ1v) is 8.76. The maximum atomic E-state index is 5.84. The second-order valence-corrected chi connectivity index (χ2v) is 7.29.